The van der Waals surface area contributed by atoms with Gasteiger partial charge in [-0.15, -0.1) is 0 Å². The predicted octanol–water partition coefficient (Wildman–Crippen LogP) is 3.74. The molecule has 1 aliphatic rings. The lowest BCUT2D eigenvalue weighted by atomic mass is 9.69. The van der Waals surface area contributed by atoms with Crippen molar-refractivity contribution < 1.29 is 0 Å². The first kappa shape index (κ1) is 16.3. The van der Waals surface area contributed by atoms with Crippen LogP contribution in [0.25, 0.3) is 0 Å². The van der Waals surface area contributed by atoms with E-state index in [0.29, 0.717) is 0 Å². The van der Waals surface area contributed by atoms with Crippen LogP contribution in [0.2, 0.25) is 0 Å². The molecule has 1 saturated heterocycles. The fourth-order valence-corrected chi connectivity index (χ4v) is 5.26. The van der Waals surface area contributed by atoms with Gasteiger partial charge < -0.3 is 5.73 Å². The molecule has 0 bridgehead atoms. The second-order valence-corrected chi connectivity index (χ2v) is 8.43. The van der Waals surface area contributed by atoms with Gasteiger partial charge in [-0.05, 0) is 42.3 Å². The van der Waals surface area contributed by atoms with Crippen LogP contribution in [0.15, 0.2) is 28.7 Å². The molecular weight excluding hydrogens is 332 g/mol. The van der Waals surface area contributed by atoms with Crippen molar-refractivity contribution >= 4 is 27.7 Å². The first-order valence-electron chi connectivity index (χ1n) is 7.15. The molecule has 2 N–H and O–H groups in total. The molecular formula is C16H25BrN2S. The molecule has 0 saturated carbocycles. The normalized spacial score (nSPS) is 25.9. The minimum absolute atomic E-state index is 0.0863. The van der Waals surface area contributed by atoms with Crippen LogP contribution >= 0.6 is 27.7 Å². The molecule has 1 fully saturated rings. The third kappa shape index (κ3) is 3.08. The third-order valence-corrected chi connectivity index (χ3v) is 6.58. The van der Waals surface area contributed by atoms with Crippen molar-refractivity contribution in [2.75, 3.05) is 25.1 Å². The first-order chi connectivity index (χ1) is 9.41. The van der Waals surface area contributed by atoms with Gasteiger partial charge in [-0.1, -0.05) is 41.9 Å². The number of hydrogen-bond donors (Lipinski definition) is 1. The molecule has 1 aliphatic heterocycles. The van der Waals surface area contributed by atoms with E-state index in [4.69, 9.17) is 5.73 Å². The summed E-state index contributed by atoms with van der Waals surface area (Å²) in [4.78, 5) is 2.47. The largest absolute Gasteiger partial charge is 0.329 e. The van der Waals surface area contributed by atoms with E-state index in [2.05, 4.69) is 66.0 Å². The Balaban J connectivity index is 2.20. The molecule has 0 aliphatic carbocycles. The molecule has 1 heterocycles. The van der Waals surface area contributed by atoms with Gasteiger partial charge in [0.05, 0.1) is 0 Å². The fraction of sp³-hybridized carbons (Fsp3) is 0.625. The molecule has 4 heteroatoms. The topological polar surface area (TPSA) is 29.3 Å². The van der Waals surface area contributed by atoms with E-state index >= 15 is 0 Å². The highest BCUT2D eigenvalue weighted by Crippen LogP contribution is 2.45. The summed E-state index contributed by atoms with van der Waals surface area (Å²) >= 11 is 5.53. The van der Waals surface area contributed by atoms with Crippen LogP contribution < -0.4 is 5.73 Å². The number of benzene rings is 1. The maximum atomic E-state index is 6.23. The first-order valence-corrected chi connectivity index (χ1v) is 9.09. The summed E-state index contributed by atoms with van der Waals surface area (Å²) in [6.45, 7) is 6.42. The molecule has 112 valence electrons. The lowest BCUT2D eigenvalue weighted by Crippen LogP contribution is -2.64. The average molecular weight is 357 g/mol. The molecule has 20 heavy (non-hydrogen) atoms. The minimum Gasteiger partial charge on any atom is -0.329 e. The molecule has 1 atom stereocenters. The Kier molecular flexibility index (Phi) is 5.22. The van der Waals surface area contributed by atoms with Crippen LogP contribution in [-0.2, 0) is 6.54 Å². The Hall–Kier alpha value is -0.0300. The SMILES string of the molecule is CN(Cc1ccc(Br)cc1)C1(CN)CSCCC1(C)C. The second-order valence-electron chi connectivity index (χ2n) is 6.40. The van der Waals surface area contributed by atoms with Crippen molar-refractivity contribution in [1.29, 1.82) is 0 Å². The van der Waals surface area contributed by atoms with Crippen LogP contribution in [0.4, 0.5) is 0 Å². The Morgan fingerprint density at radius 1 is 1.30 bits per heavy atom. The molecule has 1 aromatic carbocycles. The van der Waals surface area contributed by atoms with Crippen LogP contribution in [0, 0.1) is 5.41 Å². The van der Waals surface area contributed by atoms with E-state index in [0.717, 1.165) is 23.3 Å². The number of nitrogens with zero attached hydrogens (tertiary/aromatic N) is 1. The van der Waals surface area contributed by atoms with E-state index in [1.807, 2.05) is 11.8 Å². The summed E-state index contributed by atoms with van der Waals surface area (Å²) in [5.41, 5.74) is 7.92. The summed E-state index contributed by atoms with van der Waals surface area (Å²) in [7, 11) is 2.22. The van der Waals surface area contributed by atoms with Gasteiger partial charge in [0.1, 0.15) is 0 Å². The minimum atomic E-state index is 0.0863. The summed E-state index contributed by atoms with van der Waals surface area (Å²) in [5.74, 6) is 2.38. The summed E-state index contributed by atoms with van der Waals surface area (Å²) in [6.07, 6.45) is 1.24. The van der Waals surface area contributed by atoms with Crippen molar-refractivity contribution in [3.05, 3.63) is 34.3 Å². The van der Waals surface area contributed by atoms with Crippen molar-refractivity contribution in [3.8, 4) is 0 Å². The predicted molar refractivity (Wildman–Crippen MR) is 93.1 cm³/mol. The Bertz CT molecular complexity index is 446. The number of rotatable bonds is 4. The van der Waals surface area contributed by atoms with Crippen molar-refractivity contribution in [3.63, 3.8) is 0 Å². The van der Waals surface area contributed by atoms with Gasteiger partial charge in [-0.3, -0.25) is 4.90 Å². The quantitative estimate of drug-likeness (QED) is 0.890. The van der Waals surface area contributed by atoms with Crippen LogP contribution in [0.3, 0.4) is 0 Å². The lowest BCUT2D eigenvalue weighted by molar-refractivity contribution is 0.0148. The highest BCUT2D eigenvalue weighted by molar-refractivity contribution is 9.10. The van der Waals surface area contributed by atoms with Crippen LogP contribution in [-0.4, -0.2) is 35.5 Å². The van der Waals surface area contributed by atoms with Crippen LogP contribution in [0.5, 0.6) is 0 Å². The Morgan fingerprint density at radius 3 is 2.50 bits per heavy atom. The number of thioether (sulfide) groups is 1. The van der Waals surface area contributed by atoms with Gasteiger partial charge in [-0.25, -0.2) is 0 Å². The number of nitrogens with two attached hydrogens (primary N) is 1. The fourth-order valence-electron chi connectivity index (χ4n) is 3.13. The molecule has 0 aromatic heterocycles. The van der Waals surface area contributed by atoms with Gasteiger partial charge in [0.15, 0.2) is 0 Å². The highest BCUT2D eigenvalue weighted by atomic mass is 79.9. The zero-order valence-electron chi connectivity index (χ0n) is 12.7. The second kappa shape index (κ2) is 6.39. The summed E-state index contributed by atoms with van der Waals surface area (Å²) in [5, 5.41) is 0. The van der Waals surface area contributed by atoms with Crippen LogP contribution in [0.1, 0.15) is 25.8 Å². The van der Waals surface area contributed by atoms with E-state index in [-0.39, 0.29) is 11.0 Å². The zero-order valence-corrected chi connectivity index (χ0v) is 15.1. The molecule has 0 amide bonds. The lowest BCUT2D eigenvalue weighted by Gasteiger charge is -2.54. The standard InChI is InChI=1S/C16H25BrN2S/c1-15(2)8-9-20-12-16(15,11-18)19(3)10-13-4-6-14(17)7-5-13/h4-7H,8-12,18H2,1-3H3. The van der Waals surface area contributed by atoms with Gasteiger partial charge in [0.2, 0.25) is 0 Å². The Labute approximate surface area is 135 Å². The molecule has 1 unspecified atom stereocenters. The smallest absolute Gasteiger partial charge is 0.0473 e. The number of halogens is 1. The van der Waals surface area contributed by atoms with E-state index in [1.54, 1.807) is 0 Å². The maximum Gasteiger partial charge on any atom is 0.0473 e. The van der Waals surface area contributed by atoms with Gasteiger partial charge in [0.25, 0.3) is 0 Å². The molecule has 2 nitrogen and oxygen atoms in total. The van der Waals surface area contributed by atoms with Crippen molar-refractivity contribution in [2.45, 2.75) is 32.4 Å². The van der Waals surface area contributed by atoms with Gasteiger partial charge in [0, 0.05) is 28.9 Å². The maximum absolute atomic E-state index is 6.23. The molecule has 1 aromatic rings. The summed E-state index contributed by atoms with van der Waals surface area (Å²) in [6, 6.07) is 8.60. The van der Waals surface area contributed by atoms with Gasteiger partial charge >= 0.3 is 0 Å². The highest BCUT2D eigenvalue weighted by Gasteiger charge is 2.48. The van der Waals surface area contributed by atoms with E-state index in [1.165, 1.54) is 17.7 Å². The average Bonchev–Trinajstić information content (AvgIpc) is 2.41. The van der Waals surface area contributed by atoms with Crippen molar-refractivity contribution in [1.82, 2.24) is 4.90 Å². The van der Waals surface area contributed by atoms with Crippen molar-refractivity contribution in [2.24, 2.45) is 11.1 Å². The molecule has 2 rings (SSSR count). The summed E-state index contributed by atoms with van der Waals surface area (Å²) < 4.78 is 1.13. The molecule has 0 radical (unpaired) electrons. The third-order valence-electron chi connectivity index (χ3n) is 4.87. The zero-order chi connectivity index (χ0) is 14.8. The van der Waals surface area contributed by atoms with Gasteiger partial charge in [-0.2, -0.15) is 11.8 Å². The molecule has 0 spiro atoms. The van der Waals surface area contributed by atoms with E-state index < -0.39 is 0 Å². The number of hydrogen-bond acceptors (Lipinski definition) is 3. The van der Waals surface area contributed by atoms with E-state index in [9.17, 15) is 0 Å². The monoisotopic (exact) mass is 356 g/mol. The number of likely N-dealkylation sites (N-methyl/N-ethyl adjacent to an activating group) is 1. The Morgan fingerprint density at radius 2 is 1.95 bits per heavy atom.